The Kier molecular flexibility index (Phi) is 11.6. The molecule has 4 rings (SSSR count). The largest absolute Gasteiger partial charge is 0.454 e. The number of hydrogen-bond donors (Lipinski definition) is 4. The van der Waals surface area contributed by atoms with Crippen molar-refractivity contribution in [2.45, 2.75) is 26.3 Å². The van der Waals surface area contributed by atoms with E-state index in [0.717, 1.165) is 36.4 Å². The third-order valence-corrected chi connectivity index (χ3v) is 5.81. The zero-order valence-corrected chi connectivity index (χ0v) is 22.8. The van der Waals surface area contributed by atoms with E-state index in [2.05, 4.69) is 43.1 Å². The Hall–Kier alpha value is -4.16. The zero-order chi connectivity index (χ0) is 27.8. The summed E-state index contributed by atoms with van der Waals surface area (Å²) in [4.78, 5) is 25.5. The van der Waals surface area contributed by atoms with Crippen LogP contribution in [-0.2, 0) is 16.0 Å². The van der Waals surface area contributed by atoms with Crippen molar-refractivity contribution in [3.05, 3.63) is 59.7 Å². The summed E-state index contributed by atoms with van der Waals surface area (Å²) in [6.07, 6.45) is 2.09. The highest BCUT2D eigenvalue weighted by atomic mass is 16.7. The number of carbonyl (C=O) groups excluding carboxylic acids is 1. The molecule has 214 valence electrons. The van der Waals surface area contributed by atoms with E-state index >= 15 is 0 Å². The lowest BCUT2D eigenvalue weighted by Crippen LogP contribution is -2.27. The Morgan fingerprint density at radius 1 is 0.800 bits per heavy atom. The molecule has 0 bridgehead atoms. The quantitative estimate of drug-likeness (QED) is 0.173. The van der Waals surface area contributed by atoms with Gasteiger partial charge in [0.2, 0.25) is 24.6 Å². The topological polar surface area (TPSA) is 141 Å². The minimum atomic E-state index is -0.111. The first-order chi connectivity index (χ1) is 19.7. The molecule has 2 aromatic carbocycles. The van der Waals surface area contributed by atoms with Crippen molar-refractivity contribution in [1.82, 2.24) is 20.3 Å². The number of rotatable bonds is 18. The SMILES string of the molecule is CCCCNc1nc(NCCOCCOCCNC(=O)c2ccccc2)nc(NCc2ccc3c(c2)OCO3)n1. The fourth-order valence-corrected chi connectivity index (χ4v) is 3.71. The molecule has 0 saturated heterocycles. The summed E-state index contributed by atoms with van der Waals surface area (Å²) in [6, 6.07) is 14.9. The Labute approximate surface area is 234 Å². The Bertz CT molecular complexity index is 1200. The average Bonchev–Trinajstić information content (AvgIpc) is 3.45. The molecule has 0 radical (unpaired) electrons. The van der Waals surface area contributed by atoms with Crippen molar-refractivity contribution >= 4 is 23.8 Å². The maximum atomic E-state index is 12.0. The van der Waals surface area contributed by atoms with E-state index < -0.39 is 0 Å². The van der Waals surface area contributed by atoms with Gasteiger partial charge in [-0.15, -0.1) is 0 Å². The molecule has 1 aliphatic heterocycles. The van der Waals surface area contributed by atoms with E-state index in [1.165, 1.54) is 0 Å². The van der Waals surface area contributed by atoms with E-state index in [-0.39, 0.29) is 12.7 Å². The third kappa shape index (κ3) is 9.54. The van der Waals surface area contributed by atoms with Crippen LogP contribution in [0.15, 0.2) is 48.5 Å². The highest BCUT2D eigenvalue weighted by Crippen LogP contribution is 2.32. The van der Waals surface area contributed by atoms with Crippen molar-refractivity contribution in [1.29, 1.82) is 0 Å². The lowest BCUT2D eigenvalue weighted by Gasteiger charge is -2.12. The van der Waals surface area contributed by atoms with Crippen LogP contribution in [0.3, 0.4) is 0 Å². The molecule has 1 aromatic heterocycles. The number of anilines is 3. The van der Waals surface area contributed by atoms with Crippen LogP contribution < -0.4 is 30.7 Å². The van der Waals surface area contributed by atoms with Crippen LogP contribution in [0, 0.1) is 0 Å². The van der Waals surface area contributed by atoms with Gasteiger partial charge >= 0.3 is 0 Å². The standard InChI is InChI=1S/C28H37N7O5/c1-2-3-11-30-26-33-27(35-28(34-26)32-19-21-9-10-23-24(18-21)40-20-39-23)31-13-15-38-17-16-37-14-12-29-25(36)22-7-5-4-6-8-22/h4-10,18H,2-3,11-17,19-20H2,1H3,(H,29,36)(H3,30,31,32,33,34,35). The lowest BCUT2D eigenvalue weighted by molar-refractivity contribution is 0.0519. The molecule has 0 aliphatic carbocycles. The number of unbranched alkanes of at least 4 members (excludes halogenated alkanes) is 1. The van der Waals surface area contributed by atoms with Gasteiger partial charge in [-0.3, -0.25) is 4.79 Å². The third-order valence-electron chi connectivity index (χ3n) is 5.81. The van der Waals surface area contributed by atoms with E-state index in [4.69, 9.17) is 18.9 Å². The van der Waals surface area contributed by atoms with Gasteiger partial charge in [-0.05, 0) is 36.2 Å². The fraction of sp³-hybridized carbons (Fsp3) is 0.429. The van der Waals surface area contributed by atoms with Crippen LogP contribution in [0.2, 0.25) is 0 Å². The molecule has 3 aromatic rings. The number of carbonyl (C=O) groups is 1. The number of hydrogen-bond acceptors (Lipinski definition) is 11. The van der Waals surface area contributed by atoms with Crippen LogP contribution in [0.25, 0.3) is 0 Å². The molecule has 0 atom stereocenters. The van der Waals surface area contributed by atoms with Crippen LogP contribution in [0.4, 0.5) is 17.8 Å². The van der Waals surface area contributed by atoms with E-state index in [1.807, 2.05) is 36.4 Å². The lowest BCUT2D eigenvalue weighted by atomic mass is 10.2. The Morgan fingerprint density at radius 2 is 1.48 bits per heavy atom. The van der Waals surface area contributed by atoms with Gasteiger partial charge in [-0.2, -0.15) is 15.0 Å². The second-order valence-electron chi connectivity index (χ2n) is 8.90. The average molecular weight is 552 g/mol. The van der Waals surface area contributed by atoms with Gasteiger partial charge < -0.3 is 40.2 Å². The van der Waals surface area contributed by atoms with Crippen molar-refractivity contribution < 1.29 is 23.7 Å². The van der Waals surface area contributed by atoms with Gasteiger partial charge in [0.1, 0.15) is 0 Å². The Balaban J connectivity index is 1.14. The van der Waals surface area contributed by atoms with Gasteiger partial charge in [0, 0.05) is 31.7 Å². The molecule has 1 amide bonds. The van der Waals surface area contributed by atoms with Crippen LogP contribution >= 0.6 is 0 Å². The monoisotopic (exact) mass is 551 g/mol. The summed E-state index contributed by atoms with van der Waals surface area (Å²) < 4.78 is 22.0. The van der Waals surface area contributed by atoms with Gasteiger partial charge in [-0.25, -0.2) is 0 Å². The van der Waals surface area contributed by atoms with Gasteiger partial charge in [0.15, 0.2) is 11.5 Å². The first-order valence-corrected chi connectivity index (χ1v) is 13.6. The summed E-state index contributed by atoms with van der Waals surface area (Å²) in [5.41, 5.74) is 1.65. The fourth-order valence-electron chi connectivity index (χ4n) is 3.71. The van der Waals surface area contributed by atoms with Crippen molar-refractivity contribution in [3.63, 3.8) is 0 Å². The highest BCUT2D eigenvalue weighted by Gasteiger charge is 2.13. The molecule has 2 heterocycles. The first-order valence-electron chi connectivity index (χ1n) is 13.6. The molecule has 0 saturated carbocycles. The minimum absolute atomic E-state index is 0.111. The number of aromatic nitrogens is 3. The molecule has 0 fully saturated rings. The minimum Gasteiger partial charge on any atom is -0.454 e. The molecule has 40 heavy (non-hydrogen) atoms. The van der Waals surface area contributed by atoms with Crippen LogP contribution in [0.5, 0.6) is 11.5 Å². The maximum absolute atomic E-state index is 12.0. The van der Waals surface area contributed by atoms with E-state index in [9.17, 15) is 4.79 Å². The highest BCUT2D eigenvalue weighted by molar-refractivity contribution is 5.94. The molecule has 4 N–H and O–H groups in total. The maximum Gasteiger partial charge on any atom is 0.251 e. The molecule has 1 aliphatic rings. The first kappa shape index (κ1) is 28.8. The summed E-state index contributed by atoms with van der Waals surface area (Å²) in [5.74, 6) is 2.80. The number of nitrogens with zero attached hydrogens (tertiary/aromatic N) is 3. The molecule has 12 nitrogen and oxygen atoms in total. The summed E-state index contributed by atoms with van der Waals surface area (Å²) in [5, 5.41) is 12.5. The van der Waals surface area contributed by atoms with Gasteiger partial charge in [0.05, 0.1) is 26.4 Å². The van der Waals surface area contributed by atoms with Gasteiger partial charge in [0.25, 0.3) is 5.91 Å². The number of ether oxygens (including phenoxy) is 4. The molecular weight excluding hydrogens is 514 g/mol. The Morgan fingerprint density at radius 3 is 2.23 bits per heavy atom. The van der Waals surface area contributed by atoms with Crippen molar-refractivity contribution in [2.75, 3.05) is 68.8 Å². The molecule has 12 heteroatoms. The second-order valence-corrected chi connectivity index (χ2v) is 8.90. The van der Waals surface area contributed by atoms with E-state index in [0.29, 0.717) is 69.5 Å². The predicted molar refractivity (Wildman–Crippen MR) is 152 cm³/mol. The smallest absolute Gasteiger partial charge is 0.251 e. The second kappa shape index (κ2) is 16.1. The zero-order valence-electron chi connectivity index (χ0n) is 22.8. The number of fused-ring (bicyclic) bond motifs is 1. The normalized spacial score (nSPS) is 11.7. The number of nitrogens with one attached hydrogen (secondary N) is 4. The number of amides is 1. The molecule has 0 spiro atoms. The molecular formula is C28H37N7O5. The summed E-state index contributed by atoms with van der Waals surface area (Å²) in [6.45, 7) is 6.39. The van der Waals surface area contributed by atoms with Crippen LogP contribution in [0.1, 0.15) is 35.7 Å². The molecule has 0 unspecified atom stereocenters. The summed E-state index contributed by atoms with van der Waals surface area (Å²) in [7, 11) is 0. The van der Waals surface area contributed by atoms with E-state index in [1.54, 1.807) is 12.1 Å². The van der Waals surface area contributed by atoms with Crippen molar-refractivity contribution in [2.24, 2.45) is 0 Å². The number of benzene rings is 2. The predicted octanol–water partition coefficient (Wildman–Crippen LogP) is 3.30. The van der Waals surface area contributed by atoms with Crippen molar-refractivity contribution in [3.8, 4) is 11.5 Å². The van der Waals surface area contributed by atoms with Crippen LogP contribution in [-0.4, -0.2) is 73.7 Å². The van der Waals surface area contributed by atoms with Gasteiger partial charge in [-0.1, -0.05) is 37.6 Å². The summed E-state index contributed by atoms with van der Waals surface area (Å²) >= 11 is 0.